The number of nitrogens with one attached hydrogen (secondary N) is 1. The van der Waals surface area contributed by atoms with E-state index in [1.807, 2.05) is 6.07 Å². The summed E-state index contributed by atoms with van der Waals surface area (Å²) in [4.78, 5) is 8.56. The van der Waals surface area contributed by atoms with E-state index < -0.39 is 0 Å². The third kappa shape index (κ3) is 2.76. The topological polar surface area (TPSA) is 103 Å². The molecule has 0 aliphatic rings. The number of benzene rings is 1. The Labute approximate surface area is 121 Å². The van der Waals surface area contributed by atoms with Gasteiger partial charge in [0.15, 0.2) is 0 Å². The lowest BCUT2D eigenvalue weighted by atomic mass is 10.0. The first-order valence-electron chi connectivity index (χ1n) is 6.70. The van der Waals surface area contributed by atoms with Crippen LogP contribution in [0.1, 0.15) is 31.2 Å². The van der Waals surface area contributed by atoms with E-state index in [1.165, 1.54) is 11.9 Å². The normalized spacial score (nSPS) is 11.2. The van der Waals surface area contributed by atoms with Crippen LogP contribution in [-0.4, -0.2) is 20.2 Å². The molecule has 3 N–H and O–H groups in total. The molecular weight excluding hydrogens is 268 g/mol. The van der Waals surface area contributed by atoms with Crippen LogP contribution in [0.3, 0.4) is 0 Å². The number of fused-ring (bicyclic) bond motifs is 1. The van der Waals surface area contributed by atoms with E-state index in [0.29, 0.717) is 18.4 Å². The van der Waals surface area contributed by atoms with Crippen molar-refractivity contribution in [1.29, 1.82) is 0 Å². The van der Waals surface area contributed by atoms with Crippen molar-refractivity contribution in [1.82, 2.24) is 20.2 Å². The molecule has 0 aliphatic carbocycles. The van der Waals surface area contributed by atoms with E-state index in [4.69, 9.17) is 10.2 Å². The number of hydrogen-bond acceptors (Lipinski definition) is 7. The lowest BCUT2D eigenvalue weighted by Crippen LogP contribution is -2.03. The molecule has 1 aromatic carbocycles. The van der Waals surface area contributed by atoms with Crippen molar-refractivity contribution in [2.45, 2.75) is 26.3 Å². The Kier molecular flexibility index (Phi) is 3.39. The van der Waals surface area contributed by atoms with Crippen LogP contribution in [0.15, 0.2) is 28.9 Å². The zero-order chi connectivity index (χ0) is 14.8. The van der Waals surface area contributed by atoms with Crippen LogP contribution in [0.2, 0.25) is 0 Å². The number of aromatic nitrogens is 4. The summed E-state index contributed by atoms with van der Waals surface area (Å²) in [5.74, 6) is 1.59. The Hall–Kier alpha value is -2.70. The molecule has 0 saturated heterocycles. The van der Waals surface area contributed by atoms with Crippen LogP contribution >= 0.6 is 0 Å². The molecule has 3 rings (SSSR count). The van der Waals surface area contributed by atoms with Crippen molar-refractivity contribution >= 4 is 22.7 Å². The number of hydrogen-bond donors (Lipinski definition) is 2. The van der Waals surface area contributed by atoms with Crippen LogP contribution < -0.4 is 11.1 Å². The fraction of sp³-hybridized carbons (Fsp3) is 0.286. The second-order valence-electron chi connectivity index (χ2n) is 5.04. The van der Waals surface area contributed by atoms with Crippen molar-refractivity contribution < 1.29 is 4.42 Å². The highest BCUT2D eigenvalue weighted by Gasteiger charge is 2.08. The van der Waals surface area contributed by atoms with E-state index in [-0.39, 0.29) is 6.01 Å². The van der Waals surface area contributed by atoms with Gasteiger partial charge in [0.2, 0.25) is 5.89 Å². The van der Waals surface area contributed by atoms with Crippen LogP contribution in [0, 0.1) is 0 Å². The van der Waals surface area contributed by atoms with Gasteiger partial charge in [0.05, 0.1) is 12.1 Å². The molecule has 0 spiro atoms. The van der Waals surface area contributed by atoms with Crippen molar-refractivity contribution in [3.8, 4) is 0 Å². The number of nitrogen functional groups attached to an aromatic ring is 1. The second kappa shape index (κ2) is 5.35. The first-order valence-corrected chi connectivity index (χ1v) is 6.70. The molecule has 0 atom stereocenters. The minimum Gasteiger partial charge on any atom is -0.406 e. The summed E-state index contributed by atoms with van der Waals surface area (Å²) in [6, 6.07) is 6.25. The van der Waals surface area contributed by atoms with Gasteiger partial charge < -0.3 is 15.5 Å². The molecule has 7 heteroatoms. The van der Waals surface area contributed by atoms with E-state index in [9.17, 15) is 0 Å². The van der Waals surface area contributed by atoms with Crippen LogP contribution in [0.5, 0.6) is 0 Å². The quantitative estimate of drug-likeness (QED) is 0.757. The standard InChI is InChI=1S/C14H16N6O/c1-8(2)9-3-4-11-10(5-9)13(18-7-17-11)16-6-12-19-20-14(15)21-12/h3-5,7-8H,6H2,1-2H3,(H2,15,20)(H,16,17,18). The van der Waals surface area contributed by atoms with Gasteiger partial charge in [-0.05, 0) is 23.6 Å². The Morgan fingerprint density at radius 2 is 2.10 bits per heavy atom. The molecule has 2 aromatic heterocycles. The third-order valence-corrected chi connectivity index (χ3v) is 3.22. The maximum Gasteiger partial charge on any atom is 0.312 e. The molecule has 0 aliphatic heterocycles. The summed E-state index contributed by atoms with van der Waals surface area (Å²) in [7, 11) is 0. The molecule has 2 heterocycles. The SMILES string of the molecule is CC(C)c1ccc2ncnc(NCc3nnc(N)o3)c2c1. The maximum absolute atomic E-state index is 5.40. The Morgan fingerprint density at radius 1 is 1.24 bits per heavy atom. The average molecular weight is 284 g/mol. The van der Waals surface area contributed by atoms with Crippen molar-refractivity contribution in [2.75, 3.05) is 11.1 Å². The largest absolute Gasteiger partial charge is 0.406 e. The van der Waals surface area contributed by atoms with E-state index >= 15 is 0 Å². The average Bonchev–Trinajstić information content (AvgIpc) is 2.90. The number of rotatable bonds is 4. The highest BCUT2D eigenvalue weighted by molar-refractivity contribution is 5.89. The van der Waals surface area contributed by atoms with Gasteiger partial charge in [0.25, 0.3) is 0 Å². The summed E-state index contributed by atoms with van der Waals surface area (Å²) < 4.78 is 5.13. The molecular formula is C14H16N6O. The molecule has 7 nitrogen and oxygen atoms in total. The monoisotopic (exact) mass is 284 g/mol. The first kappa shape index (κ1) is 13.3. The Bertz CT molecular complexity index is 767. The zero-order valence-corrected chi connectivity index (χ0v) is 11.9. The van der Waals surface area contributed by atoms with E-state index in [1.54, 1.807) is 0 Å². The van der Waals surface area contributed by atoms with Crippen LogP contribution in [0.4, 0.5) is 11.8 Å². The highest BCUT2D eigenvalue weighted by Crippen LogP contribution is 2.24. The highest BCUT2D eigenvalue weighted by atomic mass is 16.4. The third-order valence-electron chi connectivity index (χ3n) is 3.22. The smallest absolute Gasteiger partial charge is 0.312 e. The fourth-order valence-corrected chi connectivity index (χ4v) is 2.07. The molecule has 108 valence electrons. The van der Waals surface area contributed by atoms with Gasteiger partial charge in [0.1, 0.15) is 12.1 Å². The maximum atomic E-state index is 5.40. The summed E-state index contributed by atoms with van der Waals surface area (Å²) in [5, 5.41) is 11.6. The molecule has 0 radical (unpaired) electrons. The van der Waals surface area contributed by atoms with E-state index in [0.717, 1.165) is 16.7 Å². The number of nitrogens with zero attached hydrogens (tertiary/aromatic N) is 4. The number of nitrogens with two attached hydrogens (primary N) is 1. The fourth-order valence-electron chi connectivity index (χ4n) is 2.07. The minimum atomic E-state index is 0.0569. The summed E-state index contributed by atoms with van der Waals surface area (Å²) in [6.45, 7) is 4.67. The zero-order valence-electron chi connectivity index (χ0n) is 11.9. The molecule has 21 heavy (non-hydrogen) atoms. The second-order valence-corrected chi connectivity index (χ2v) is 5.04. The van der Waals surface area contributed by atoms with Crippen LogP contribution in [-0.2, 0) is 6.54 Å². The molecule has 3 aromatic rings. The molecule has 0 fully saturated rings. The summed E-state index contributed by atoms with van der Waals surface area (Å²) >= 11 is 0. The Balaban J connectivity index is 1.91. The molecule has 0 amide bonds. The van der Waals surface area contributed by atoms with Gasteiger partial charge in [-0.25, -0.2) is 9.97 Å². The van der Waals surface area contributed by atoms with Gasteiger partial charge in [0, 0.05) is 5.39 Å². The molecule has 0 unspecified atom stereocenters. The lowest BCUT2D eigenvalue weighted by molar-refractivity contribution is 0.519. The van der Waals surface area contributed by atoms with Gasteiger partial charge in [-0.15, -0.1) is 5.10 Å². The van der Waals surface area contributed by atoms with Crippen molar-refractivity contribution in [3.63, 3.8) is 0 Å². The summed E-state index contributed by atoms with van der Waals surface area (Å²) in [6.07, 6.45) is 1.53. The van der Waals surface area contributed by atoms with Gasteiger partial charge in [-0.3, -0.25) is 0 Å². The number of anilines is 2. The van der Waals surface area contributed by atoms with Gasteiger partial charge >= 0.3 is 6.01 Å². The van der Waals surface area contributed by atoms with Crippen molar-refractivity contribution in [3.05, 3.63) is 36.0 Å². The van der Waals surface area contributed by atoms with Crippen LogP contribution in [0.25, 0.3) is 10.9 Å². The molecule has 0 saturated carbocycles. The van der Waals surface area contributed by atoms with E-state index in [2.05, 4.69) is 51.5 Å². The van der Waals surface area contributed by atoms with Gasteiger partial charge in [-0.1, -0.05) is 25.0 Å². The first-order chi connectivity index (χ1) is 10.1. The predicted molar refractivity (Wildman–Crippen MR) is 79.7 cm³/mol. The van der Waals surface area contributed by atoms with Crippen molar-refractivity contribution in [2.24, 2.45) is 0 Å². The summed E-state index contributed by atoms with van der Waals surface area (Å²) in [5.41, 5.74) is 7.53. The molecule has 0 bridgehead atoms. The Morgan fingerprint density at radius 3 is 2.81 bits per heavy atom. The minimum absolute atomic E-state index is 0.0569. The van der Waals surface area contributed by atoms with Gasteiger partial charge in [-0.2, -0.15) is 0 Å². The lowest BCUT2D eigenvalue weighted by Gasteiger charge is -2.10. The predicted octanol–water partition coefficient (Wildman–Crippen LogP) is 2.33.